The quantitative estimate of drug-likeness (QED) is 0.417. The number of nitrogens with one attached hydrogen (secondary N) is 2. The van der Waals surface area contributed by atoms with Crippen LogP contribution < -0.4 is 15.6 Å². The minimum atomic E-state index is -0.452. The largest absolute Gasteiger partial charge is 0.497 e. The number of carbonyl (C=O) groups is 1. The van der Waals surface area contributed by atoms with Crippen molar-refractivity contribution in [1.29, 1.82) is 0 Å². The number of pyridine rings is 2. The molecule has 2 aromatic carbocycles. The van der Waals surface area contributed by atoms with E-state index < -0.39 is 5.54 Å². The van der Waals surface area contributed by atoms with Crippen LogP contribution in [0.3, 0.4) is 0 Å². The third-order valence-electron chi connectivity index (χ3n) is 6.90. The number of fused-ring (bicyclic) bond motifs is 1. The van der Waals surface area contributed by atoms with Crippen LogP contribution in [-0.4, -0.2) is 41.5 Å². The van der Waals surface area contributed by atoms with E-state index in [1.54, 1.807) is 31.6 Å². The number of amides is 1. The maximum Gasteiger partial charge on any atom is 0.252 e. The molecule has 1 fully saturated rings. The summed E-state index contributed by atoms with van der Waals surface area (Å²) in [5.41, 5.74) is 4.63. The normalized spacial score (nSPS) is 14.8. The highest BCUT2D eigenvalue weighted by Crippen LogP contribution is 2.49. The molecule has 37 heavy (non-hydrogen) atoms. The highest BCUT2D eigenvalue weighted by Gasteiger charge is 2.47. The first-order valence-electron chi connectivity index (χ1n) is 12.3. The zero-order valence-electron chi connectivity index (χ0n) is 21.2. The number of benzene rings is 2. The Morgan fingerprint density at radius 2 is 1.89 bits per heavy atom. The van der Waals surface area contributed by atoms with Gasteiger partial charge >= 0.3 is 0 Å². The van der Waals surface area contributed by atoms with Gasteiger partial charge in [0.25, 0.3) is 5.91 Å². The van der Waals surface area contributed by atoms with E-state index in [2.05, 4.69) is 45.6 Å². The van der Waals surface area contributed by atoms with Gasteiger partial charge in [-0.3, -0.25) is 14.6 Å². The predicted octanol–water partition coefficient (Wildman–Crippen LogP) is 4.77. The molecule has 0 saturated heterocycles. The number of rotatable bonds is 5. The maximum absolute atomic E-state index is 13.3. The minimum absolute atomic E-state index is 0.120. The standard InChI is InChI=1S/C26H23N3O3.C4H7N/c1-16-5-7-19(32-2)14-21(16)25(31)29-26(9-10-26)22-12-18(17-6-8-24(30)28-15-17)13-23-20(22)4-3-11-27-23;1-5-3-2-4-5/h3-8,11-15H,9-10H2,1-2H3,(H,28,30)(H,29,31);2-3H,4H2,1H3. The van der Waals surface area contributed by atoms with Gasteiger partial charge in [0.15, 0.2) is 0 Å². The smallest absolute Gasteiger partial charge is 0.252 e. The van der Waals surface area contributed by atoms with E-state index in [1.165, 1.54) is 6.07 Å². The van der Waals surface area contributed by atoms with Crippen molar-refractivity contribution in [2.24, 2.45) is 0 Å². The van der Waals surface area contributed by atoms with Crippen molar-refractivity contribution in [3.8, 4) is 16.9 Å². The number of hydrogen-bond donors (Lipinski definition) is 2. The number of H-pyrrole nitrogens is 1. The number of carbonyl (C=O) groups excluding carboxylic acids is 1. The molecule has 1 amide bonds. The van der Waals surface area contributed by atoms with Gasteiger partial charge in [-0.25, -0.2) is 0 Å². The van der Waals surface area contributed by atoms with Crippen LogP contribution in [0.15, 0.2) is 84.1 Å². The lowest BCUT2D eigenvalue weighted by Gasteiger charge is -2.22. The first-order valence-corrected chi connectivity index (χ1v) is 12.3. The van der Waals surface area contributed by atoms with Crippen LogP contribution in [-0.2, 0) is 5.54 Å². The molecule has 1 aliphatic carbocycles. The number of hydrogen-bond acceptors (Lipinski definition) is 5. The van der Waals surface area contributed by atoms with Gasteiger partial charge < -0.3 is 19.9 Å². The lowest BCUT2D eigenvalue weighted by Crippen LogP contribution is -2.35. The van der Waals surface area contributed by atoms with E-state index in [-0.39, 0.29) is 11.5 Å². The van der Waals surface area contributed by atoms with E-state index in [0.717, 1.165) is 52.5 Å². The van der Waals surface area contributed by atoms with E-state index >= 15 is 0 Å². The molecule has 0 radical (unpaired) electrons. The second-order valence-corrected chi connectivity index (χ2v) is 9.58. The molecule has 1 saturated carbocycles. The van der Waals surface area contributed by atoms with E-state index in [1.807, 2.05) is 37.3 Å². The Morgan fingerprint density at radius 1 is 1.11 bits per heavy atom. The van der Waals surface area contributed by atoms with Crippen molar-refractivity contribution in [3.63, 3.8) is 0 Å². The Bertz CT molecular complexity index is 1530. The number of nitrogens with zero attached hydrogens (tertiary/aromatic N) is 2. The monoisotopic (exact) mass is 494 g/mol. The first kappa shape index (κ1) is 24.3. The van der Waals surface area contributed by atoms with Gasteiger partial charge in [-0.15, -0.1) is 0 Å². The second-order valence-electron chi connectivity index (χ2n) is 9.58. The van der Waals surface area contributed by atoms with Crippen LogP contribution in [0.1, 0.15) is 34.3 Å². The summed E-state index contributed by atoms with van der Waals surface area (Å²) in [5.74, 6) is 0.533. The third kappa shape index (κ3) is 5.11. The molecule has 6 rings (SSSR count). The average Bonchev–Trinajstić information content (AvgIpc) is 3.68. The summed E-state index contributed by atoms with van der Waals surface area (Å²) >= 11 is 0. The predicted molar refractivity (Wildman–Crippen MR) is 146 cm³/mol. The number of ether oxygens (including phenoxy) is 1. The molecule has 188 valence electrons. The Balaban J connectivity index is 0.000000503. The van der Waals surface area contributed by atoms with Crippen LogP contribution in [0.2, 0.25) is 0 Å². The Labute approximate surface area is 215 Å². The van der Waals surface area contributed by atoms with Crippen molar-refractivity contribution in [2.75, 3.05) is 20.7 Å². The number of likely N-dealkylation sites (N-methyl/N-ethyl adjacent to an activating group) is 1. The summed E-state index contributed by atoms with van der Waals surface area (Å²) in [4.78, 5) is 34.2. The minimum Gasteiger partial charge on any atom is -0.497 e. The highest BCUT2D eigenvalue weighted by atomic mass is 16.5. The molecule has 7 nitrogen and oxygen atoms in total. The van der Waals surface area contributed by atoms with Gasteiger partial charge in [-0.1, -0.05) is 12.1 Å². The fourth-order valence-electron chi connectivity index (χ4n) is 4.50. The Hall–Kier alpha value is -4.39. The first-order chi connectivity index (χ1) is 17.9. The fraction of sp³-hybridized carbons (Fsp3) is 0.233. The third-order valence-corrected chi connectivity index (χ3v) is 6.90. The Kier molecular flexibility index (Phi) is 6.53. The summed E-state index contributed by atoms with van der Waals surface area (Å²) < 4.78 is 5.31. The van der Waals surface area contributed by atoms with Gasteiger partial charge in [0.05, 0.1) is 18.2 Å². The summed E-state index contributed by atoms with van der Waals surface area (Å²) in [5, 5.41) is 4.31. The van der Waals surface area contributed by atoms with Crippen LogP contribution in [0.25, 0.3) is 22.0 Å². The van der Waals surface area contributed by atoms with Gasteiger partial charge in [0.1, 0.15) is 5.75 Å². The zero-order chi connectivity index (χ0) is 26.0. The van der Waals surface area contributed by atoms with Crippen molar-refractivity contribution >= 4 is 16.8 Å². The summed E-state index contributed by atoms with van der Waals surface area (Å²) in [7, 11) is 3.65. The molecule has 2 N–H and O–H groups in total. The highest BCUT2D eigenvalue weighted by molar-refractivity contribution is 5.98. The molecular formula is C30H30N4O3. The summed E-state index contributed by atoms with van der Waals surface area (Å²) in [6, 6.07) is 16.9. The number of aromatic amines is 1. The van der Waals surface area contributed by atoms with Crippen molar-refractivity contribution in [2.45, 2.75) is 25.3 Å². The molecule has 0 unspecified atom stereocenters. The molecule has 7 heteroatoms. The Morgan fingerprint density at radius 3 is 2.51 bits per heavy atom. The fourth-order valence-corrected chi connectivity index (χ4v) is 4.50. The zero-order valence-corrected chi connectivity index (χ0v) is 21.2. The lowest BCUT2D eigenvalue weighted by atomic mass is 9.93. The summed E-state index contributed by atoms with van der Waals surface area (Å²) in [6.45, 7) is 3.06. The van der Waals surface area contributed by atoms with E-state index in [0.29, 0.717) is 11.3 Å². The van der Waals surface area contributed by atoms with Crippen LogP contribution in [0.4, 0.5) is 0 Å². The van der Waals surface area contributed by atoms with Crippen molar-refractivity contribution in [3.05, 3.63) is 106 Å². The lowest BCUT2D eigenvalue weighted by molar-refractivity contribution is 0.0930. The van der Waals surface area contributed by atoms with Gasteiger partial charge in [-0.2, -0.15) is 0 Å². The average molecular weight is 495 g/mol. The molecule has 0 atom stereocenters. The van der Waals surface area contributed by atoms with Crippen LogP contribution in [0.5, 0.6) is 5.75 Å². The molecule has 3 heterocycles. The molecule has 0 spiro atoms. The van der Waals surface area contributed by atoms with Gasteiger partial charge in [-0.05, 0) is 90.7 Å². The molecule has 0 bridgehead atoms. The van der Waals surface area contributed by atoms with Crippen LogP contribution in [0, 0.1) is 6.92 Å². The molecule has 2 aromatic heterocycles. The number of aryl methyl sites for hydroxylation is 1. The van der Waals surface area contributed by atoms with Crippen LogP contribution >= 0.6 is 0 Å². The van der Waals surface area contributed by atoms with E-state index in [9.17, 15) is 9.59 Å². The number of aromatic nitrogens is 2. The van der Waals surface area contributed by atoms with Gasteiger partial charge in [0, 0.05) is 43.0 Å². The topological polar surface area (TPSA) is 87.3 Å². The van der Waals surface area contributed by atoms with Crippen molar-refractivity contribution in [1.82, 2.24) is 20.2 Å². The second kappa shape index (κ2) is 9.93. The SMILES string of the molecule is CN1C=CC1.COc1ccc(C)c(C(=O)NC2(c3cc(-c4ccc(=O)[nH]c4)cc4ncccc34)CC2)c1. The molecular weight excluding hydrogens is 464 g/mol. The molecule has 2 aliphatic rings. The van der Waals surface area contributed by atoms with E-state index in [4.69, 9.17) is 4.74 Å². The number of methoxy groups -OCH3 is 1. The molecule has 4 aromatic rings. The summed E-state index contributed by atoms with van der Waals surface area (Å²) in [6.07, 6.45) is 9.34. The maximum atomic E-state index is 13.3. The van der Waals surface area contributed by atoms with Crippen molar-refractivity contribution < 1.29 is 9.53 Å². The molecule has 1 aliphatic heterocycles. The van der Waals surface area contributed by atoms with Gasteiger partial charge in [0.2, 0.25) is 5.56 Å².